The maximum atomic E-state index is 12.8. The van der Waals surface area contributed by atoms with E-state index in [1.54, 1.807) is 6.07 Å². The number of nitriles is 1. The molecule has 3 aromatic rings. The molecule has 4 aliphatic rings. The van der Waals surface area contributed by atoms with Gasteiger partial charge in [-0.25, -0.2) is 9.78 Å². The van der Waals surface area contributed by atoms with Crippen molar-refractivity contribution in [1.82, 2.24) is 15.3 Å². The minimum absolute atomic E-state index is 0.00522. The lowest BCUT2D eigenvalue weighted by molar-refractivity contribution is -0.274. The summed E-state index contributed by atoms with van der Waals surface area (Å²) in [6.07, 6.45) is 1.33. The number of anilines is 2. The number of hydrogen-bond acceptors (Lipinski definition) is 8. The summed E-state index contributed by atoms with van der Waals surface area (Å²) < 4.78 is 48.1. The zero-order chi connectivity index (χ0) is 30.7. The maximum Gasteiger partial charge on any atom is 0.573 e. The molecule has 1 amide bonds. The number of ether oxygens (including phenoxy) is 2. The van der Waals surface area contributed by atoms with Gasteiger partial charge in [0.2, 0.25) is 5.95 Å². The van der Waals surface area contributed by atoms with Crippen LogP contribution in [0.25, 0.3) is 0 Å². The van der Waals surface area contributed by atoms with Crippen LogP contribution < -0.4 is 20.7 Å². The molecule has 0 radical (unpaired) electrons. The summed E-state index contributed by atoms with van der Waals surface area (Å²) in [6, 6.07) is 17.7. The molecule has 4 bridgehead atoms. The first-order chi connectivity index (χ1) is 21.2. The number of halogens is 3. The third kappa shape index (κ3) is 6.82. The van der Waals surface area contributed by atoms with Crippen molar-refractivity contribution in [2.24, 2.45) is 23.2 Å². The van der Waals surface area contributed by atoms with Crippen LogP contribution in [0.1, 0.15) is 48.8 Å². The fourth-order valence-electron chi connectivity index (χ4n) is 7.55. The number of carbonyl (C=O) groups excluding carboxylic acids is 1. The molecule has 5 atom stereocenters. The van der Waals surface area contributed by atoms with Gasteiger partial charge in [0.25, 0.3) is 0 Å². The second-order valence-electron chi connectivity index (χ2n) is 12.1. The molecule has 44 heavy (non-hydrogen) atoms. The smallest absolute Gasteiger partial charge is 0.445 e. The predicted octanol–water partition coefficient (Wildman–Crippen LogP) is 6.39. The first-order valence-electron chi connectivity index (χ1n) is 14.7. The van der Waals surface area contributed by atoms with Gasteiger partial charge >= 0.3 is 12.5 Å². The maximum absolute atomic E-state index is 12.8. The van der Waals surface area contributed by atoms with Crippen molar-refractivity contribution in [1.29, 1.82) is 5.26 Å². The minimum Gasteiger partial charge on any atom is -0.445 e. The molecule has 7 rings (SSSR count). The summed E-state index contributed by atoms with van der Waals surface area (Å²) in [5, 5.41) is 19.2. The van der Waals surface area contributed by atoms with E-state index in [-0.39, 0.29) is 53.5 Å². The number of rotatable bonds is 10. The van der Waals surface area contributed by atoms with Crippen molar-refractivity contribution in [2.75, 3.05) is 17.2 Å². The zero-order valence-corrected chi connectivity index (χ0v) is 23.9. The Morgan fingerprint density at radius 2 is 1.75 bits per heavy atom. The summed E-state index contributed by atoms with van der Waals surface area (Å²) in [7, 11) is 0. The number of hydrogen-bond donors (Lipinski definition) is 3. The summed E-state index contributed by atoms with van der Waals surface area (Å²) in [4.78, 5) is 21.3. The van der Waals surface area contributed by atoms with Gasteiger partial charge in [-0.15, -0.1) is 13.2 Å². The molecule has 2 aromatic carbocycles. The van der Waals surface area contributed by atoms with Gasteiger partial charge in [-0.3, -0.25) is 0 Å². The Bertz CT molecular complexity index is 1510. The molecule has 1 heterocycles. The van der Waals surface area contributed by atoms with E-state index in [1.165, 1.54) is 24.4 Å². The van der Waals surface area contributed by atoms with Crippen LogP contribution in [-0.2, 0) is 17.9 Å². The number of carbonyl (C=O) groups is 1. The normalized spacial score (nSPS) is 25.1. The highest BCUT2D eigenvalue weighted by atomic mass is 19.4. The number of benzene rings is 2. The van der Waals surface area contributed by atoms with Crippen LogP contribution in [0.2, 0.25) is 0 Å². The van der Waals surface area contributed by atoms with E-state index in [0.29, 0.717) is 30.1 Å². The van der Waals surface area contributed by atoms with E-state index in [9.17, 15) is 23.2 Å². The fraction of sp³-hybridized carbons (Fsp3) is 0.438. The van der Waals surface area contributed by atoms with Gasteiger partial charge in [-0.1, -0.05) is 48.5 Å². The lowest BCUT2D eigenvalue weighted by atomic mass is 9.48. The monoisotopic (exact) mass is 606 g/mol. The molecule has 3 N–H and O–H groups in total. The molecule has 4 fully saturated rings. The molecule has 9 nitrogen and oxygen atoms in total. The molecule has 230 valence electrons. The van der Waals surface area contributed by atoms with Crippen LogP contribution in [0.15, 0.2) is 60.8 Å². The number of nitrogens with one attached hydrogen (secondary N) is 3. The van der Waals surface area contributed by atoms with E-state index in [4.69, 9.17) is 4.74 Å². The highest BCUT2D eigenvalue weighted by molar-refractivity contribution is 5.67. The van der Waals surface area contributed by atoms with Crippen molar-refractivity contribution in [2.45, 2.75) is 57.7 Å². The lowest BCUT2D eigenvalue weighted by Crippen LogP contribution is -2.60. The average Bonchev–Trinajstić information content (AvgIpc) is 3.00. The molecule has 0 spiro atoms. The van der Waals surface area contributed by atoms with E-state index in [1.807, 2.05) is 30.3 Å². The van der Waals surface area contributed by atoms with E-state index >= 15 is 0 Å². The van der Waals surface area contributed by atoms with Gasteiger partial charge in [-0.2, -0.15) is 10.2 Å². The van der Waals surface area contributed by atoms with Crippen molar-refractivity contribution >= 4 is 17.9 Å². The Labute approximate surface area is 253 Å². The number of para-hydroxylation sites is 1. The number of amides is 1. The molecular formula is C32H33F3N6O3. The Kier molecular flexibility index (Phi) is 8.21. The Morgan fingerprint density at radius 3 is 2.48 bits per heavy atom. The second-order valence-corrected chi connectivity index (χ2v) is 12.1. The average molecular weight is 607 g/mol. The van der Waals surface area contributed by atoms with Crippen molar-refractivity contribution in [3.05, 3.63) is 77.5 Å². The molecular weight excluding hydrogens is 573 g/mol. The van der Waals surface area contributed by atoms with Crippen LogP contribution in [0.4, 0.5) is 29.7 Å². The molecule has 12 heteroatoms. The molecule has 4 saturated carbocycles. The van der Waals surface area contributed by atoms with Crippen LogP contribution in [0, 0.1) is 34.5 Å². The van der Waals surface area contributed by atoms with Crippen LogP contribution in [0.5, 0.6) is 5.75 Å². The van der Waals surface area contributed by atoms with Crippen LogP contribution >= 0.6 is 0 Å². The predicted molar refractivity (Wildman–Crippen MR) is 155 cm³/mol. The molecule has 0 saturated heterocycles. The largest absolute Gasteiger partial charge is 0.573 e. The minimum atomic E-state index is -4.81. The van der Waals surface area contributed by atoms with E-state index < -0.39 is 6.36 Å². The van der Waals surface area contributed by atoms with Gasteiger partial charge in [0.15, 0.2) is 0 Å². The topological polar surface area (TPSA) is 121 Å². The molecule has 1 unspecified atom stereocenters. The third-order valence-electron chi connectivity index (χ3n) is 9.07. The zero-order valence-electron chi connectivity index (χ0n) is 23.9. The molecule has 4 aliphatic carbocycles. The summed E-state index contributed by atoms with van der Waals surface area (Å²) in [5.41, 5.74) is 1.52. The van der Waals surface area contributed by atoms with Crippen LogP contribution in [-0.4, -0.2) is 35.0 Å². The van der Waals surface area contributed by atoms with Crippen molar-refractivity contribution in [3.8, 4) is 11.8 Å². The Hall–Kier alpha value is -4.53. The van der Waals surface area contributed by atoms with Gasteiger partial charge in [0, 0.05) is 24.7 Å². The summed E-state index contributed by atoms with van der Waals surface area (Å²) in [6.45, 7) is 0.847. The van der Waals surface area contributed by atoms with E-state index in [0.717, 1.165) is 37.7 Å². The molecule has 0 aliphatic heterocycles. The number of alkyl halides is 3. The highest BCUT2D eigenvalue weighted by Gasteiger charge is 2.55. The number of aromatic nitrogens is 2. The fourth-order valence-corrected chi connectivity index (χ4v) is 7.55. The first-order valence-corrected chi connectivity index (χ1v) is 14.7. The van der Waals surface area contributed by atoms with Crippen LogP contribution in [0.3, 0.4) is 0 Å². The van der Waals surface area contributed by atoms with Gasteiger partial charge in [-0.05, 0) is 66.9 Å². The SMILES string of the molecule is N#Cc1cnc(NCc2ccccc2OC(F)(F)F)nc1NC[C@]12CC3C[C@H](C1)[C@H](NC(=O)OCc1ccccc1)[C@@H](C3)C2. The molecule has 1 aromatic heterocycles. The van der Waals surface area contributed by atoms with Gasteiger partial charge in [0.1, 0.15) is 29.8 Å². The summed E-state index contributed by atoms with van der Waals surface area (Å²) in [5.74, 6) is 1.54. The Morgan fingerprint density at radius 1 is 1.02 bits per heavy atom. The quantitative estimate of drug-likeness (QED) is 0.243. The standard InChI is InChI=1S/C32H33F3N6O3/c33-32(34,35)44-26-9-5-4-8-22(26)16-37-29-38-17-25(15-36)28(41-29)39-19-31-12-21-10-23(13-31)27(24(11-21)14-31)40-30(42)43-18-20-6-2-1-3-7-20/h1-9,17,21,23-24,27H,10-14,16,18-19H2,(H,40,42)(H2,37,38,39,41)/t21?,23-,24+,27+,31-. The van der Waals surface area contributed by atoms with Crippen molar-refractivity contribution in [3.63, 3.8) is 0 Å². The third-order valence-corrected chi connectivity index (χ3v) is 9.07. The second kappa shape index (κ2) is 12.2. The first kappa shape index (κ1) is 29.5. The Balaban J connectivity index is 1.07. The number of nitrogens with zero attached hydrogens (tertiary/aromatic N) is 3. The van der Waals surface area contributed by atoms with E-state index in [2.05, 4.69) is 36.7 Å². The highest BCUT2D eigenvalue weighted by Crippen LogP contribution is 2.60. The van der Waals surface area contributed by atoms with Gasteiger partial charge in [0.05, 0.1) is 6.20 Å². The lowest BCUT2D eigenvalue weighted by Gasteiger charge is -2.60. The van der Waals surface area contributed by atoms with Gasteiger partial charge < -0.3 is 25.4 Å². The number of alkyl carbamates (subject to hydrolysis) is 1. The van der Waals surface area contributed by atoms with Crippen molar-refractivity contribution < 1.29 is 27.4 Å². The summed E-state index contributed by atoms with van der Waals surface area (Å²) >= 11 is 0.